The molecular formula is C23H34O2. The van der Waals surface area contributed by atoms with Gasteiger partial charge in [-0.2, -0.15) is 0 Å². The van der Waals surface area contributed by atoms with E-state index >= 15 is 0 Å². The van der Waals surface area contributed by atoms with Gasteiger partial charge in [0.05, 0.1) is 0 Å². The highest BCUT2D eigenvalue weighted by atomic mass is 16.4. The van der Waals surface area contributed by atoms with E-state index in [2.05, 4.69) is 39.8 Å². The maximum Gasteiger partial charge on any atom is 0.303 e. The number of carboxylic acid groups (broad SMARTS) is 1. The summed E-state index contributed by atoms with van der Waals surface area (Å²) >= 11 is 0. The fourth-order valence-electron chi connectivity index (χ4n) is 5.69. The van der Waals surface area contributed by atoms with Crippen LogP contribution in [0.25, 0.3) is 0 Å². The van der Waals surface area contributed by atoms with E-state index in [1.807, 2.05) is 0 Å². The summed E-state index contributed by atoms with van der Waals surface area (Å²) in [5.41, 5.74) is 6.32. The van der Waals surface area contributed by atoms with Gasteiger partial charge in [-0.05, 0) is 77.5 Å². The van der Waals surface area contributed by atoms with Crippen molar-refractivity contribution in [2.45, 2.75) is 90.4 Å². The van der Waals surface area contributed by atoms with Gasteiger partial charge in [0.15, 0.2) is 0 Å². The quantitative estimate of drug-likeness (QED) is 0.728. The molecule has 2 nitrogen and oxygen atoms in total. The van der Waals surface area contributed by atoms with Gasteiger partial charge in [0.1, 0.15) is 0 Å². The predicted molar refractivity (Wildman–Crippen MR) is 103 cm³/mol. The average molecular weight is 343 g/mol. The molecule has 1 saturated carbocycles. The first kappa shape index (κ1) is 18.5. The van der Waals surface area contributed by atoms with Crippen molar-refractivity contribution in [2.24, 2.45) is 11.8 Å². The second-order valence-electron chi connectivity index (χ2n) is 9.04. The van der Waals surface area contributed by atoms with Crippen LogP contribution in [0.15, 0.2) is 12.1 Å². The van der Waals surface area contributed by atoms with Crippen LogP contribution >= 0.6 is 0 Å². The van der Waals surface area contributed by atoms with Crippen molar-refractivity contribution in [3.8, 4) is 0 Å². The number of aliphatic carboxylic acids is 1. The van der Waals surface area contributed by atoms with Gasteiger partial charge in [-0.3, -0.25) is 4.79 Å². The molecule has 0 radical (unpaired) electrons. The molecule has 0 heterocycles. The van der Waals surface area contributed by atoms with Crippen LogP contribution < -0.4 is 0 Å². The lowest BCUT2D eigenvalue weighted by atomic mass is 9.55. The molecule has 0 saturated heterocycles. The average Bonchev–Trinajstić information content (AvgIpc) is 2.54. The van der Waals surface area contributed by atoms with Crippen molar-refractivity contribution < 1.29 is 9.90 Å². The third-order valence-electron chi connectivity index (χ3n) is 7.02. The maximum atomic E-state index is 10.9. The molecular weight excluding hydrogens is 308 g/mol. The van der Waals surface area contributed by atoms with Gasteiger partial charge in [0, 0.05) is 6.42 Å². The third kappa shape index (κ3) is 3.50. The fraction of sp³-hybridized carbons (Fsp3) is 0.696. The summed E-state index contributed by atoms with van der Waals surface area (Å²) in [5.74, 6) is 1.45. The summed E-state index contributed by atoms with van der Waals surface area (Å²) in [6.45, 7) is 9.47. The first-order chi connectivity index (χ1) is 11.8. The van der Waals surface area contributed by atoms with Crippen molar-refractivity contribution in [1.29, 1.82) is 0 Å². The summed E-state index contributed by atoms with van der Waals surface area (Å²) in [6.07, 6.45) is 8.48. The molecule has 3 rings (SSSR count). The lowest BCUT2D eigenvalue weighted by Crippen LogP contribution is -2.43. The Balaban J connectivity index is 1.99. The van der Waals surface area contributed by atoms with Crippen molar-refractivity contribution in [2.75, 3.05) is 0 Å². The molecule has 3 atom stereocenters. The van der Waals surface area contributed by atoms with E-state index in [9.17, 15) is 4.79 Å². The van der Waals surface area contributed by atoms with Crippen molar-refractivity contribution in [3.05, 3.63) is 34.4 Å². The molecule has 0 amide bonds. The summed E-state index contributed by atoms with van der Waals surface area (Å²) in [7, 11) is 0. The highest BCUT2D eigenvalue weighted by Gasteiger charge is 2.45. The number of carbonyl (C=O) groups is 1. The molecule has 2 heteroatoms. The van der Waals surface area contributed by atoms with Crippen LogP contribution in [-0.4, -0.2) is 11.1 Å². The summed E-state index contributed by atoms with van der Waals surface area (Å²) in [6, 6.07) is 4.95. The Morgan fingerprint density at radius 1 is 1.32 bits per heavy atom. The van der Waals surface area contributed by atoms with Crippen LogP contribution in [-0.2, 0) is 23.1 Å². The van der Waals surface area contributed by atoms with E-state index in [0.29, 0.717) is 11.3 Å². The summed E-state index contributed by atoms with van der Waals surface area (Å²) < 4.78 is 0. The second-order valence-corrected chi connectivity index (χ2v) is 9.04. The fourth-order valence-corrected chi connectivity index (χ4v) is 5.69. The molecule has 0 bridgehead atoms. The first-order valence-corrected chi connectivity index (χ1v) is 10.2. The minimum Gasteiger partial charge on any atom is -0.481 e. The molecule has 138 valence electrons. The Kier molecular flexibility index (Phi) is 5.27. The van der Waals surface area contributed by atoms with Crippen LogP contribution in [0.2, 0.25) is 0 Å². The number of hydrogen-bond donors (Lipinski definition) is 1. The highest BCUT2D eigenvalue weighted by Crippen LogP contribution is 2.52. The van der Waals surface area contributed by atoms with Gasteiger partial charge in [-0.1, -0.05) is 52.7 Å². The van der Waals surface area contributed by atoms with Gasteiger partial charge in [0.2, 0.25) is 0 Å². The molecule has 1 aromatic carbocycles. The molecule has 25 heavy (non-hydrogen) atoms. The van der Waals surface area contributed by atoms with Crippen molar-refractivity contribution >= 4 is 5.97 Å². The van der Waals surface area contributed by atoms with E-state index in [1.54, 1.807) is 11.1 Å². The Morgan fingerprint density at radius 3 is 2.76 bits per heavy atom. The first-order valence-electron chi connectivity index (χ1n) is 10.2. The molecule has 2 aliphatic carbocycles. The van der Waals surface area contributed by atoms with E-state index in [4.69, 9.17) is 5.11 Å². The second kappa shape index (κ2) is 7.13. The Labute approximate surface area is 153 Å². The van der Waals surface area contributed by atoms with Crippen molar-refractivity contribution in [3.63, 3.8) is 0 Å². The molecule has 0 aromatic heterocycles. The van der Waals surface area contributed by atoms with Gasteiger partial charge >= 0.3 is 5.97 Å². The van der Waals surface area contributed by atoms with Crippen LogP contribution in [0, 0.1) is 11.8 Å². The summed E-state index contributed by atoms with van der Waals surface area (Å²) in [5, 5.41) is 8.99. The van der Waals surface area contributed by atoms with Crippen molar-refractivity contribution in [1.82, 2.24) is 0 Å². The molecule has 1 fully saturated rings. The highest BCUT2D eigenvalue weighted by molar-refractivity contribution is 5.66. The van der Waals surface area contributed by atoms with Crippen LogP contribution in [0.1, 0.15) is 94.4 Å². The summed E-state index contributed by atoms with van der Waals surface area (Å²) in [4.78, 5) is 10.9. The number of rotatable bonds is 5. The number of aryl methyl sites for hydroxylation is 2. The minimum atomic E-state index is -0.683. The molecule has 0 aliphatic heterocycles. The Hall–Kier alpha value is -1.31. The predicted octanol–water partition coefficient (Wildman–Crippen LogP) is 5.86. The molecule has 3 unspecified atom stereocenters. The number of benzene rings is 1. The largest absolute Gasteiger partial charge is 0.481 e. The lowest BCUT2D eigenvalue weighted by molar-refractivity contribution is -0.137. The van der Waals surface area contributed by atoms with E-state index in [-0.39, 0.29) is 6.42 Å². The lowest BCUT2D eigenvalue weighted by Gasteiger charge is -2.50. The van der Waals surface area contributed by atoms with Crippen LogP contribution in [0.5, 0.6) is 0 Å². The molecule has 1 N–H and O–H groups in total. The zero-order valence-corrected chi connectivity index (χ0v) is 16.4. The Bertz CT molecular complexity index is 646. The normalized spacial score (nSPS) is 28.5. The van der Waals surface area contributed by atoms with Gasteiger partial charge < -0.3 is 5.11 Å². The SMILES string of the molecule is CC(C)c1cc2c(cc1CCCC(=O)O)C1(C)CCCC(C)C1CC2. The van der Waals surface area contributed by atoms with Crippen LogP contribution in [0.3, 0.4) is 0 Å². The van der Waals surface area contributed by atoms with E-state index < -0.39 is 5.97 Å². The van der Waals surface area contributed by atoms with Gasteiger partial charge in [0.25, 0.3) is 0 Å². The molecule has 1 aromatic rings. The van der Waals surface area contributed by atoms with Crippen LogP contribution in [0.4, 0.5) is 0 Å². The van der Waals surface area contributed by atoms with E-state index in [0.717, 1.165) is 24.7 Å². The number of fused-ring (bicyclic) bond motifs is 3. The monoisotopic (exact) mass is 342 g/mol. The standard InChI is InChI=1S/C23H34O2/c1-15(2)19-13-18-10-11-20-16(3)7-6-12-23(20,4)21(18)14-17(19)8-5-9-22(24)25/h13-16,20H,5-12H2,1-4H3,(H,24,25). The smallest absolute Gasteiger partial charge is 0.303 e. The zero-order chi connectivity index (χ0) is 18.2. The molecule has 2 aliphatic rings. The number of carboxylic acids is 1. The Morgan fingerprint density at radius 2 is 2.08 bits per heavy atom. The topological polar surface area (TPSA) is 37.3 Å². The number of hydrogen-bond acceptors (Lipinski definition) is 1. The molecule has 0 spiro atoms. The zero-order valence-electron chi connectivity index (χ0n) is 16.4. The minimum absolute atomic E-state index is 0.269. The maximum absolute atomic E-state index is 10.9. The van der Waals surface area contributed by atoms with E-state index in [1.165, 1.54) is 43.2 Å². The van der Waals surface area contributed by atoms with Gasteiger partial charge in [-0.25, -0.2) is 0 Å². The van der Waals surface area contributed by atoms with Gasteiger partial charge in [-0.15, -0.1) is 0 Å². The third-order valence-corrected chi connectivity index (χ3v) is 7.02.